The lowest BCUT2D eigenvalue weighted by atomic mass is 10.1. The van der Waals surface area contributed by atoms with E-state index in [2.05, 4.69) is 22.0 Å². The van der Waals surface area contributed by atoms with Crippen molar-refractivity contribution in [3.63, 3.8) is 0 Å². The molecule has 0 aliphatic carbocycles. The van der Waals surface area contributed by atoms with Crippen LogP contribution >= 0.6 is 0 Å². The fourth-order valence-electron chi connectivity index (χ4n) is 1.79. The van der Waals surface area contributed by atoms with Crippen molar-refractivity contribution in [2.24, 2.45) is 16.8 Å². The van der Waals surface area contributed by atoms with Crippen LogP contribution in [0, 0.1) is 5.92 Å². The maximum atomic E-state index is 8.64. The lowest BCUT2D eigenvalue weighted by Crippen LogP contribution is -2.36. The second kappa shape index (κ2) is 7.66. The van der Waals surface area contributed by atoms with Crippen LogP contribution in [-0.4, -0.2) is 40.6 Å². The predicted molar refractivity (Wildman–Crippen MR) is 72.6 cm³/mol. The van der Waals surface area contributed by atoms with Gasteiger partial charge in [-0.1, -0.05) is 19.0 Å². The third kappa shape index (κ3) is 4.71. The molecule has 0 spiro atoms. The number of nitrogens with two attached hydrogens (primary N) is 1. The molecule has 1 atom stereocenters. The Morgan fingerprint density at radius 2 is 2.17 bits per heavy atom. The third-order valence-corrected chi connectivity index (χ3v) is 3.07. The SMILES string of the molecule is CCN(CCc1ccncc1)CC(C)C(N)=NO. The van der Waals surface area contributed by atoms with Crippen LogP contribution in [0.2, 0.25) is 0 Å². The molecular weight excluding hydrogens is 228 g/mol. The van der Waals surface area contributed by atoms with Crippen LogP contribution in [0.4, 0.5) is 0 Å². The zero-order valence-electron chi connectivity index (χ0n) is 11.1. The van der Waals surface area contributed by atoms with Gasteiger partial charge in [-0.15, -0.1) is 0 Å². The van der Waals surface area contributed by atoms with Crippen LogP contribution in [0.3, 0.4) is 0 Å². The average molecular weight is 250 g/mol. The van der Waals surface area contributed by atoms with Crippen LogP contribution in [0.1, 0.15) is 19.4 Å². The summed E-state index contributed by atoms with van der Waals surface area (Å²) in [7, 11) is 0. The Labute approximate surface area is 108 Å². The largest absolute Gasteiger partial charge is 0.409 e. The van der Waals surface area contributed by atoms with Crippen molar-refractivity contribution in [3.8, 4) is 0 Å². The number of nitrogens with zero attached hydrogens (tertiary/aromatic N) is 3. The van der Waals surface area contributed by atoms with Crippen molar-refractivity contribution in [2.75, 3.05) is 19.6 Å². The molecule has 0 aliphatic rings. The molecule has 5 heteroatoms. The Kier molecular flexibility index (Phi) is 6.14. The molecule has 0 amide bonds. The highest BCUT2D eigenvalue weighted by atomic mass is 16.4. The first-order valence-corrected chi connectivity index (χ1v) is 6.26. The van der Waals surface area contributed by atoms with E-state index in [0.717, 1.165) is 26.1 Å². The highest BCUT2D eigenvalue weighted by molar-refractivity contribution is 5.82. The molecular formula is C13H22N4O. The molecule has 1 unspecified atom stereocenters. The molecule has 0 saturated carbocycles. The normalized spacial score (nSPS) is 13.8. The van der Waals surface area contributed by atoms with Crippen LogP contribution in [-0.2, 0) is 6.42 Å². The molecule has 1 aromatic rings. The van der Waals surface area contributed by atoms with Crippen molar-refractivity contribution in [3.05, 3.63) is 30.1 Å². The number of amidine groups is 1. The molecule has 0 fully saturated rings. The summed E-state index contributed by atoms with van der Waals surface area (Å²) in [6.45, 7) is 6.80. The number of oxime groups is 1. The van der Waals surface area contributed by atoms with Crippen molar-refractivity contribution in [2.45, 2.75) is 20.3 Å². The van der Waals surface area contributed by atoms with E-state index in [1.165, 1.54) is 5.56 Å². The van der Waals surface area contributed by atoms with Gasteiger partial charge in [0.05, 0.1) is 0 Å². The van der Waals surface area contributed by atoms with Crippen LogP contribution in [0.25, 0.3) is 0 Å². The smallest absolute Gasteiger partial charge is 0.143 e. The highest BCUT2D eigenvalue weighted by Crippen LogP contribution is 2.04. The molecule has 0 aliphatic heterocycles. The number of hydrogen-bond donors (Lipinski definition) is 2. The molecule has 1 aromatic heterocycles. The second-order valence-electron chi connectivity index (χ2n) is 4.42. The summed E-state index contributed by atoms with van der Waals surface area (Å²) in [6, 6.07) is 4.06. The highest BCUT2D eigenvalue weighted by Gasteiger charge is 2.12. The minimum absolute atomic E-state index is 0.0624. The van der Waals surface area contributed by atoms with E-state index < -0.39 is 0 Å². The lowest BCUT2D eigenvalue weighted by molar-refractivity contribution is 0.267. The number of rotatable bonds is 7. The van der Waals surface area contributed by atoms with Gasteiger partial charge in [-0.3, -0.25) is 4.98 Å². The fourth-order valence-corrected chi connectivity index (χ4v) is 1.79. The molecule has 0 saturated heterocycles. The van der Waals surface area contributed by atoms with Gasteiger partial charge in [0.15, 0.2) is 0 Å². The van der Waals surface area contributed by atoms with Crippen molar-refractivity contribution < 1.29 is 5.21 Å². The van der Waals surface area contributed by atoms with Gasteiger partial charge in [0.2, 0.25) is 0 Å². The van der Waals surface area contributed by atoms with Crippen molar-refractivity contribution in [1.29, 1.82) is 0 Å². The van der Waals surface area contributed by atoms with E-state index in [-0.39, 0.29) is 11.8 Å². The quantitative estimate of drug-likeness (QED) is 0.331. The summed E-state index contributed by atoms with van der Waals surface area (Å²) >= 11 is 0. The average Bonchev–Trinajstić information content (AvgIpc) is 2.43. The summed E-state index contributed by atoms with van der Waals surface area (Å²) in [5.41, 5.74) is 6.87. The monoisotopic (exact) mass is 250 g/mol. The molecule has 5 nitrogen and oxygen atoms in total. The van der Waals surface area contributed by atoms with Crippen molar-refractivity contribution in [1.82, 2.24) is 9.88 Å². The predicted octanol–water partition coefficient (Wildman–Crippen LogP) is 1.33. The molecule has 18 heavy (non-hydrogen) atoms. The Hall–Kier alpha value is -1.62. The summed E-state index contributed by atoms with van der Waals surface area (Å²) in [5.74, 6) is 0.352. The Balaban J connectivity index is 2.43. The number of hydrogen-bond acceptors (Lipinski definition) is 4. The zero-order valence-corrected chi connectivity index (χ0v) is 11.1. The molecule has 1 rings (SSSR count). The van der Waals surface area contributed by atoms with E-state index in [0.29, 0.717) is 0 Å². The third-order valence-electron chi connectivity index (χ3n) is 3.07. The standard InChI is InChI=1S/C13H22N4O/c1-3-17(10-11(2)13(14)16-18)9-6-12-4-7-15-8-5-12/h4-5,7-8,11,18H,3,6,9-10H2,1-2H3,(H2,14,16). The Bertz CT molecular complexity index is 367. The number of likely N-dealkylation sites (N-methyl/N-ethyl adjacent to an activating group) is 1. The van der Waals surface area contributed by atoms with Gasteiger partial charge in [-0.25, -0.2) is 0 Å². The van der Waals surface area contributed by atoms with Gasteiger partial charge in [-0.05, 0) is 30.7 Å². The Morgan fingerprint density at radius 1 is 1.50 bits per heavy atom. The van der Waals surface area contributed by atoms with E-state index in [1.807, 2.05) is 31.5 Å². The van der Waals surface area contributed by atoms with E-state index in [4.69, 9.17) is 10.9 Å². The number of aromatic nitrogens is 1. The van der Waals surface area contributed by atoms with Crippen LogP contribution < -0.4 is 5.73 Å². The summed E-state index contributed by atoms with van der Waals surface area (Å²) in [5, 5.41) is 11.7. The fraction of sp³-hybridized carbons (Fsp3) is 0.538. The first-order valence-electron chi connectivity index (χ1n) is 6.26. The first kappa shape index (κ1) is 14.4. The number of pyridine rings is 1. The summed E-state index contributed by atoms with van der Waals surface area (Å²) in [6.07, 6.45) is 4.61. The molecule has 0 radical (unpaired) electrons. The molecule has 0 bridgehead atoms. The second-order valence-corrected chi connectivity index (χ2v) is 4.42. The first-order chi connectivity index (χ1) is 8.67. The van der Waals surface area contributed by atoms with E-state index in [1.54, 1.807) is 0 Å². The van der Waals surface area contributed by atoms with Gasteiger partial charge in [0.25, 0.3) is 0 Å². The topological polar surface area (TPSA) is 74.7 Å². The maximum absolute atomic E-state index is 8.64. The van der Waals surface area contributed by atoms with Gasteiger partial charge >= 0.3 is 0 Å². The Morgan fingerprint density at radius 3 is 2.72 bits per heavy atom. The van der Waals surface area contributed by atoms with Gasteiger partial charge in [0.1, 0.15) is 5.84 Å². The molecule has 100 valence electrons. The summed E-state index contributed by atoms with van der Waals surface area (Å²) < 4.78 is 0. The van der Waals surface area contributed by atoms with E-state index in [9.17, 15) is 0 Å². The van der Waals surface area contributed by atoms with Gasteiger partial charge in [-0.2, -0.15) is 0 Å². The summed E-state index contributed by atoms with van der Waals surface area (Å²) in [4.78, 5) is 6.30. The van der Waals surface area contributed by atoms with Crippen LogP contribution in [0.5, 0.6) is 0 Å². The zero-order chi connectivity index (χ0) is 13.4. The molecule has 1 heterocycles. The molecule has 0 aromatic carbocycles. The molecule has 3 N–H and O–H groups in total. The lowest BCUT2D eigenvalue weighted by Gasteiger charge is -2.23. The van der Waals surface area contributed by atoms with Gasteiger partial charge < -0.3 is 15.8 Å². The van der Waals surface area contributed by atoms with Crippen molar-refractivity contribution >= 4 is 5.84 Å². The minimum Gasteiger partial charge on any atom is -0.409 e. The van der Waals surface area contributed by atoms with Gasteiger partial charge in [0, 0.05) is 31.4 Å². The maximum Gasteiger partial charge on any atom is 0.143 e. The van der Waals surface area contributed by atoms with Crippen LogP contribution in [0.15, 0.2) is 29.7 Å². The van der Waals surface area contributed by atoms with E-state index >= 15 is 0 Å². The minimum atomic E-state index is 0.0624.